The van der Waals surface area contributed by atoms with Gasteiger partial charge in [-0.15, -0.1) is 24.0 Å². The topological polar surface area (TPSA) is 40.1 Å². The molecule has 1 N–H and O–H groups in total. The van der Waals surface area contributed by atoms with Crippen molar-refractivity contribution < 1.29 is 4.74 Å². The van der Waals surface area contributed by atoms with Gasteiger partial charge in [0.15, 0.2) is 5.96 Å². The number of nitrogens with one attached hydrogen (secondary N) is 1. The number of methoxy groups -OCH3 is 1. The maximum Gasteiger partial charge on any atom is 0.193 e. The zero-order valence-corrected chi connectivity index (χ0v) is 18.1. The zero-order chi connectivity index (χ0) is 16.7. The molecule has 1 aliphatic rings. The van der Waals surface area contributed by atoms with Crippen molar-refractivity contribution in [3.63, 3.8) is 0 Å². The van der Waals surface area contributed by atoms with Crippen LogP contribution in [0.3, 0.4) is 0 Å². The van der Waals surface area contributed by atoms with Crippen LogP contribution < -0.4 is 15.0 Å². The van der Waals surface area contributed by atoms with E-state index in [2.05, 4.69) is 45.4 Å². The van der Waals surface area contributed by atoms with Crippen LogP contribution in [0.2, 0.25) is 0 Å². The number of para-hydroxylation sites is 2. The summed E-state index contributed by atoms with van der Waals surface area (Å²) in [5, 5.41) is 4.06. The van der Waals surface area contributed by atoms with Crippen molar-refractivity contribution in [1.29, 1.82) is 0 Å². The first-order chi connectivity index (χ1) is 11.2. The maximum atomic E-state index is 5.48. The fourth-order valence-electron chi connectivity index (χ4n) is 2.70. The predicted molar refractivity (Wildman–Crippen MR) is 117 cm³/mol. The van der Waals surface area contributed by atoms with Crippen molar-refractivity contribution in [3.05, 3.63) is 24.3 Å². The van der Waals surface area contributed by atoms with Gasteiger partial charge in [0, 0.05) is 45.0 Å². The molecule has 1 unspecified atom stereocenters. The normalized spacial score (nSPS) is 16.4. The quantitative estimate of drug-likeness (QED) is 0.413. The summed E-state index contributed by atoms with van der Waals surface area (Å²) in [5.41, 5.74) is 1.17. The van der Waals surface area contributed by atoms with Crippen LogP contribution in [0, 0.1) is 0 Å². The third-order valence-electron chi connectivity index (χ3n) is 4.17. The molecule has 1 saturated heterocycles. The van der Waals surface area contributed by atoms with Gasteiger partial charge in [-0.25, -0.2) is 0 Å². The second kappa shape index (κ2) is 10.9. The molecule has 0 aromatic heterocycles. The van der Waals surface area contributed by atoms with Crippen LogP contribution in [0.5, 0.6) is 5.75 Å². The molecule has 136 valence electrons. The number of ether oxygens (including phenoxy) is 1. The number of guanidine groups is 1. The average Bonchev–Trinajstić information content (AvgIpc) is 2.62. The van der Waals surface area contributed by atoms with Crippen LogP contribution in [0.1, 0.15) is 6.92 Å². The van der Waals surface area contributed by atoms with Crippen LogP contribution in [-0.4, -0.2) is 69.2 Å². The van der Waals surface area contributed by atoms with E-state index in [1.165, 1.54) is 5.69 Å². The summed E-state index contributed by atoms with van der Waals surface area (Å²) in [6.45, 7) is 7.04. The lowest BCUT2D eigenvalue weighted by molar-refractivity contribution is 0.367. The van der Waals surface area contributed by atoms with Gasteiger partial charge in [0.1, 0.15) is 5.75 Å². The molecule has 1 fully saturated rings. The summed E-state index contributed by atoms with van der Waals surface area (Å²) >= 11 is 1.87. The van der Waals surface area contributed by atoms with Gasteiger partial charge in [0.25, 0.3) is 0 Å². The summed E-state index contributed by atoms with van der Waals surface area (Å²) in [7, 11) is 3.59. The number of aliphatic imine (C=N–C) groups is 1. The van der Waals surface area contributed by atoms with Gasteiger partial charge in [-0.2, -0.15) is 11.8 Å². The molecular weight excluding hydrogens is 435 g/mol. The molecule has 0 radical (unpaired) electrons. The van der Waals surface area contributed by atoms with E-state index in [-0.39, 0.29) is 24.0 Å². The number of rotatable bonds is 5. The summed E-state index contributed by atoms with van der Waals surface area (Å²) in [5.74, 6) is 1.95. The molecule has 0 bridgehead atoms. The van der Waals surface area contributed by atoms with E-state index in [0.29, 0.717) is 5.25 Å². The molecule has 1 heterocycles. The van der Waals surface area contributed by atoms with Crippen molar-refractivity contribution >= 4 is 47.4 Å². The lowest BCUT2D eigenvalue weighted by Crippen LogP contribution is -2.53. The van der Waals surface area contributed by atoms with E-state index in [4.69, 9.17) is 4.74 Å². The van der Waals surface area contributed by atoms with Gasteiger partial charge < -0.3 is 19.9 Å². The number of anilines is 1. The Kier molecular flexibility index (Phi) is 9.65. The molecule has 2 rings (SSSR count). The van der Waals surface area contributed by atoms with Gasteiger partial charge in [-0.3, -0.25) is 4.99 Å². The van der Waals surface area contributed by atoms with E-state index < -0.39 is 0 Å². The number of halogens is 1. The van der Waals surface area contributed by atoms with Gasteiger partial charge in [0.05, 0.1) is 12.8 Å². The highest BCUT2D eigenvalue weighted by atomic mass is 127. The van der Waals surface area contributed by atoms with E-state index in [9.17, 15) is 0 Å². The minimum atomic E-state index is 0. The number of thioether (sulfide) groups is 1. The average molecular weight is 464 g/mol. The monoisotopic (exact) mass is 464 g/mol. The van der Waals surface area contributed by atoms with Crippen LogP contribution in [-0.2, 0) is 0 Å². The Morgan fingerprint density at radius 2 is 1.96 bits per heavy atom. The SMILES string of the molecule is CN=C(NCC(C)SC)N1CCN(c2ccccc2OC)CC1.I. The fraction of sp³-hybridized carbons (Fsp3) is 0.588. The number of benzene rings is 1. The molecule has 1 atom stereocenters. The molecule has 0 saturated carbocycles. The fourth-order valence-corrected chi connectivity index (χ4v) is 2.95. The number of hydrogen-bond acceptors (Lipinski definition) is 4. The van der Waals surface area contributed by atoms with Crippen molar-refractivity contribution in [2.75, 3.05) is 58.0 Å². The van der Waals surface area contributed by atoms with Crippen molar-refractivity contribution in [1.82, 2.24) is 10.2 Å². The van der Waals surface area contributed by atoms with Crippen molar-refractivity contribution in [2.45, 2.75) is 12.2 Å². The highest BCUT2D eigenvalue weighted by molar-refractivity contribution is 14.0. The second-order valence-corrected chi connectivity index (χ2v) is 6.90. The van der Waals surface area contributed by atoms with E-state index in [1.807, 2.05) is 30.9 Å². The van der Waals surface area contributed by atoms with Crippen molar-refractivity contribution in [2.24, 2.45) is 4.99 Å². The number of hydrogen-bond donors (Lipinski definition) is 1. The lowest BCUT2D eigenvalue weighted by atomic mass is 10.2. The van der Waals surface area contributed by atoms with Gasteiger partial charge in [-0.05, 0) is 18.4 Å². The smallest absolute Gasteiger partial charge is 0.193 e. The van der Waals surface area contributed by atoms with Crippen LogP contribution >= 0.6 is 35.7 Å². The highest BCUT2D eigenvalue weighted by Gasteiger charge is 2.21. The first kappa shape index (κ1) is 21.2. The molecular formula is C17H29IN4OS. The molecule has 1 aromatic carbocycles. The summed E-state index contributed by atoms with van der Waals surface area (Å²) in [4.78, 5) is 9.14. The lowest BCUT2D eigenvalue weighted by Gasteiger charge is -2.38. The van der Waals surface area contributed by atoms with Crippen LogP contribution in [0.25, 0.3) is 0 Å². The second-order valence-electron chi connectivity index (χ2n) is 5.62. The number of nitrogens with zero attached hydrogens (tertiary/aromatic N) is 3. The third-order valence-corrected chi connectivity index (χ3v) is 5.14. The van der Waals surface area contributed by atoms with Crippen LogP contribution in [0.4, 0.5) is 5.69 Å². The molecule has 1 aromatic rings. The molecule has 0 spiro atoms. The maximum absolute atomic E-state index is 5.48. The first-order valence-corrected chi connectivity index (χ1v) is 9.34. The predicted octanol–water partition coefficient (Wildman–Crippen LogP) is 2.76. The summed E-state index contributed by atoms with van der Waals surface area (Å²) < 4.78 is 5.48. The van der Waals surface area contributed by atoms with Gasteiger partial charge in [-0.1, -0.05) is 19.1 Å². The van der Waals surface area contributed by atoms with E-state index >= 15 is 0 Å². The van der Waals surface area contributed by atoms with E-state index in [1.54, 1.807) is 7.11 Å². The molecule has 24 heavy (non-hydrogen) atoms. The van der Waals surface area contributed by atoms with Crippen molar-refractivity contribution in [3.8, 4) is 5.75 Å². The molecule has 5 nitrogen and oxygen atoms in total. The Hall–Kier alpha value is -0.830. The Bertz CT molecular complexity index is 521. The van der Waals surface area contributed by atoms with Gasteiger partial charge in [0.2, 0.25) is 0 Å². The standard InChI is InChI=1S/C17H28N4OS.HI/c1-14(23-4)13-19-17(18-2)21-11-9-20(10-12-21)15-7-5-6-8-16(15)22-3;/h5-8,14H,9-13H2,1-4H3,(H,18,19);1H. The number of piperazine rings is 1. The van der Waals surface area contributed by atoms with Gasteiger partial charge >= 0.3 is 0 Å². The summed E-state index contributed by atoms with van der Waals surface area (Å²) in [6.07, 6.45) is 2.14. The van der Waals surface area contributed by atoms with Crippen LogP contribution in [0.15, 0.2) is 29.3 Å². The minimum absolute atomic E-state index is 0. The first-order valence-electron chi connectivity index (χ1n) is 8.06. The molecule has 7 heteroatoms. The Morgan fingerprint density at radius 1 is 1.29 bits per heavy atom. The minimum Gasteiger partial charge on any atom is -0.495 e. The molecule has 0 aliphatic carbocycles. The third kappa shape index (κ3) is 5.61. The Labute approximate surface area is 167 Å². The summed E-state index contributed by atoms with van der Waals surface area (Å²) in [6, 6.07) is 8.22. The van der Waals surface area contributed by atoms with E-state index in [0.717, 1.165) is 44.4 Å². The largest absolute Gasteiger partial charge is 0.495 e. The zero-order valence-electron chi connectivity index (χ0n) is 15.0. The molecule has 1 aliphatic heterocycles. The Morgan fingerprint density at radius 3 is 2.54 bits per heavy atom. The highest BCUT2D eigenvalue weighted by Crippen LogP contribution is 2.28. The molecule has 0 amide bonds. The Balaban J connectivity index is 0.00000288.